The van der Waals surface area contributed by atoms with Crippen LogP contribution in [0.4, 0.5) is 0 Å². The fourth-order valence-corrected chi connectivity index (χ4v) is 1.54. The van der Waals surface area contributed by atoms with E-state index < -0.39 is 17.9 Å². The van der Waals surface area contributed by atoms with E-state index in [9.17, 15) is 9.59 Å². The number of rotatable bonds is 5. The highest BCUT2D eigenvalue weighted by Gasteiger charge is 2.20. The van der Waals surface area contributed by atoms with Crippen LogP contribution in [0.15, 0.2) is 6.07 Å². The van der Waals surface area contributed by atoms with Crippen molar-refractivity contribution in [2.45, 2.75) is 39.8 Å². The Hall–Kier alpha value is -1.85. The average Bonchev–Trinajstić information content (AvgIpc) is 2.66. The minimum atomic E-state index is -1.03. The van der Waals surface area contributed by atoms with Gasteiger partial charge in [0.25, 0.3) is 5.91 Å². The van der Waals surface area contributed by atoms with Crippen molar-refractivity contribution in [3.05, 3.63) is 17.5 Å². The fraction of sp³-hybridized carbons (Fsp3) is 0.545. The van der Waals surface area contributed by atoms with Crippen LogP contribution in [-0.4, -0.2) is 32.8 Å². The van der Waals surface area contributed by atoms with Crippen molar-refractivity contribution in [2.75, 3.05) is 0 Å². The van der Waals surface area contributed by atoms with Gasteiger partial charge in [-0.2, -0.15) is 5.10 Å². The van der Waals surface area contributed by atoms with Gasteiger partial charge >= 0.3 is 5.97 Å². The van der Waals surface area contributed by atoms with Crippen LogP contribution in [0.25, 0.3) is 0 Å². The molecule has 6 heteroatoms. The maximum absolute atomic E-state index is 11.9. The van der Waals surface area contributed by atoms with E-state index in [-0.39, 0.29) is 0 Å². The van der Waals surface area contributed by atoms with E-state index in [1.807, 2.05) is 6.92 Å². The number of hydrogen-bond donors (Lipinski definition) is 2. The first-order valence-corrected chi connectivity index (χ1v) is 5.57. The van der Waals surface area contributed by atoms with Gasteiger partial charge in [-0.3, -0.25) is 9.48 Å². The summed E-state index contributed by atoms with van der Waals surface area (Å²) in [5.74, 6) is -1.43. The van der Waals surface area contributed by atoms with Crippen LogP contribution < -0.4 is 5.32 Å². The molecule has 0 aliphatic heterocycles. The first-order valence-electron chi connectivity index (χ1n) is 5.57. The summed E-state index contributed by atoms with van der Waals surface area (Å²) in [5.41, 5.74) is 1.13. The highest BCUT2D eigenvalue weighted by molar-refractivity contribution is 5.95. The minimum Gasteiger partial charge on any atom is -0.480 e. The molecule has 1 unspecified atom stereocenters. The smallest absolute Gasteiger partial charge is 0.326 e. The number of aryl methyl sites for hydroxylation is 2. The number of nitrogens with one attached hydrogen (secondary N) is 1. The Morgan fingerprint density at radius 2 is 2.18 bits per heavy atom. The number of carboxylic acid groups (broad SMARTS) is 1. The van der Waals surface area contributed by atoms with Crippen molar-refractivity contribution in [1.29, 1.82) is 0 Å². The van der Waals surface area contributed by atoms with Gasteiger partial charge in [0.15, 0.2) is 0 Å². The highest BCUT2D eigenvalue weighted by Crippen LogP contribution is 2.04. The van der Waals surface area contributed by atoms with Crippen molar-refractivity contribution in [3.8, 4) is 0 Å². The fourth-order valence-electron chi connectivity index (χ4n) is 1.54. The maximum atomic E-state index is 11.9. The van der Waals surface area contributed by atoms with E-state index in [1.54, 1.807) is 24.6 Å². The predicted molar refractivity (Wildman–Crippen MR) is 61.8 cm³/mol. The topological polar surface area (TPSA) is 84.2 Å². The highest BCUT2D eigenvalue weighted by atomic mass is 16.4. The second kappa shape index (κ2) is 5.47. The van der Waals surface area contributed by atoms with Crippen LogP contribution in [0.3, 0.4) is 0 Å². The first-order chi connectivity index (χ1) is 7.99. The Morgan fingerprint density at radius 1 is 1.53 bits per heavy atom. The third-order valence-corrected chi connectivity index (χ3v) is 2.45. The summed E-state index contributed by atoms with van der Waals surface area (Å²) in [6.07, 6.45) is 0.348. The molecular weight excluding hydrogens is 222 g/mol. The molecule has 0 fully saturated rings. The molecule has 1 atom stereocenters. The molecule has 0 aromatic carbocycles. The molecule has 1 rings (SSSR count). The Bertz CT molecular complexity index is 426. The number of carboxylic acids is 1. The molecule has 1 amide bonds. The van der Waals surface area contributed by atoms with Gasteiger partial charge in [-0.15, -0.1) is 0 Å². The molecule has 0 aliphatic carbocycles. The predicted octanol–water partition coefficient (Wildman–Crippen LogP) is 0.804. The lowest BCUT2D eigenvalue weighted by atomic mass is 10.2. The van der Waals surface area contributed by atoms with Crippen LogP contribution in [0.5, 0.6) is 0 Å². The molecule has 6 nitrogen and oxygen atoms in total. The molecule has 0 radical (unpaired) electrons. The quantitative estimate of drug-likeness (QED) is 0.796. The second-order valence-corrected chi connectivity index (χ2v) is 3.76. The number of aliphatic carboxylic acids is 1. The molecule has 1 aromatic rings. The normalized spacial score (nSPS) is 12.2. The van der Waals surface area contributed by atoms with Crippen molar-refractivity contribution in [2.24, 2.45) is 0 Å². The Labute approximate surface area is 99.6 Å². The summed E-state index contributed by atoms with van der Waals surface area (Å²) >= 11 is 0. The summed E-state index contributed by atoms with van der Waals surface area (Å²) in [6, 6.07) is 0.788. The lowest BCUT2D eigenvalue weighted by molar-refractivity contribution is -0.139. The SMILES string of the molecule is CCC(NC(=O)c1cc(C)nn1CC)C(=O)O. The molecule has 1 aromatic heterocycles. The van der Waals surface area contributed by atoms with Crippen molar-refractivity contribution < 1.29 is 14.7 Å². The van der Waals surface area contributed by atoms with Crippen LogP contribution in [0.1, 0.15) is 36.5 Å². The van der Waals surface area contributed by atoms with E-state index in [2.05, 4.69) is 10.4 Å². The first kappa shape index (κ1) is 13.2. The molecule has 17 heavy (non-hydrogen) atoms. The minimum absolute atomic E-state index is 0.348. The van der Waals surface area contributed by atoms with Crippen molar-refractivity contribution in [1.82, 2.24) is 15.1 Å². The van der Waals surface area contributed by atoms with Gasteiger partial charge in [-0.25, -0.2) is 4.79 Å². The zero-order valence-corrected chi connectivity index (χ0v) is 10.2. The van der Waals surface area contributed by atoms with E-state index in [0.29, 0.717) is 18.7 Å². The third kappa shape index (κ3) is 3.05. The second-order valence-electron chi connectivity index (χ2n) is 3.76. The summed E-state index contributed by atoms with van der Waals surface area (Å²) in [4.78, 5) is 22.7. The van der Waals surface area contributed by atoms with Gasteiger partial charge in [0, 0.05) is 6.54 Å². The lowest BCUT2D eigenvalue weighted by Gasteiger charge is -2.12. The molecule has 0 bridgehead atoms. The van der Waals surface area contributed by atoms with Crippen molar-refractivity contribution >= 4 is 11.9 Å². The number of aromatic nitrogens is 2. The zero-order chi connectivity index (χ0) is 13.0. The van der Waals surface area contributed by atoms with Gasteiger partial charge < -0.3 is 10.4 Å². The van der Waals surface area contributed by atoms with Gasteiger partial charge in [0.1, 0.15) is 11.7 Å². The zero-order valence-electron chi connectivity index (χ0n) is 10.2. The summed E-state index contributed by atoms with van der Waals surface area (Å²) in [7, 11) is 0. The number of carbonyl (C=O) groups is 2. The molecule has 94 valence electrons. The maximum Gasteiger partial charge on any atom is 0.326 e. The van der Waals surface area contributed by atoms with Gasteiger partial charge in [0.05, 0.1) is 5.69 Å². The Balaban J connectivity index is 2.85. The van der Waals surface area contributed by atoms with Crippen LogP contribution in [0, 0.1) is 6.92 Å². The monoisotopic (exact) mass is 239 g/mol. The van der Waals surface area contributed by atoms with Crippen LogP contribution >= 0.6 is 0 Å². The summed E-state index contributed by atoms with van der Waals surface area (Å²) in [5, 5.41) is 15.5. The molecule has 2 N–H and O–H groups in total. The number of hydrogen-bond acceptors (Lipinski definition) is 3. The largest absolute Gasteiger partial charge is 0.480 e. The van der Waals surface area contributed by atoms with E-state index in [1.165, 1.54) is 0 Å². The van der Waals surface area contributed by atoms with Gasteiger partial charge in [-0.1, -0.05) is 6.92 Å². The summed E-state index contributed by atoms with van der Waals surface area (Å²) in [6.45, 7) is 5.94. The van der Waals surface area contributed by atoms with Gasteiger partial charge in [-0.05, 0) is 26.3 Å². The van der Waals surface area contributed by atoms with E-state index >= 15 is 0 Å². The molecular formula is C11H17N3O3. The molecule has 0 spiro atoms. The van der Waals surface area contributed by atoms with Crippen LogP contribution in [0.2, 0.25) is 0 Å². The number of carbonyl (C=O) groups excluding carboxylic acids is 1. The van der Waals surface area contributed by atoms with Crippen LogP contribution in [-0.2, 0) is 11.3 Å². The lowest BCUT2D eigenvalue weighted by Crippen LogP contribution is -2.41. The molecule has 1 heterocycles. The standard InChI is InChI=1S/C11H17N3O3/c1-4-8(11(16)17)12-10(15)9-6-7(3)13-14(9)5-2/h6,8H,4-5H2,1-3H3,(H,12,15)(H,16,17). The Morgan fingerprint density at radius 3 is 2.65 bits per heavy atom. The van der Waals surface area contributed by atoms with E-state index in [4.69, 9.17) is 5.11 Å². The molecule has 0 saturated carbocycles. The Kier molecular flexibility index (Phi) is 4.25. The van der Waals surface area contributed by atoms with Gasteiger partial charge in [0.2, 0.25) is 0 Å². The molecule has 0 saturated heterocycles. The third-order valence-electron chi connectivity index (χ3n) is 2.45. The number of nitrogens with zero attached hydrogens (tertiary/aromatic N) is 2. The van der Waals surface area contributed by atoms with Crippen molar-refractivity contribution in [3.63, 3.8) is 0 Å². The molecule has 0 aliphatic rings. The average molecular weight is 239 g/mol. The number of amides is 1. The summed E-state index contributed by atoms with van der Waals surface area (Å²) < 4.78 is 1.55. The van der Waals surface area contributed by atoms with E-state index in [0.717, 1.165) is 5.69 Å².